The van der Waals surface area contributed by atoms with Gasteiger partial charge < -0.3 is 21.3 Å². The van der Waals surface area contributed by atoms with Gasteiger partial charge in [-0.2, -0.15) is 0 Å². The number of benzene rings is 1. The van der Waals surface area contributed by atoms with Crippen LogP contribution in [-0.2, 0) is 20.8 Å². The van der Waals surface area contributed by atoms with Crippen molar-refractivity contribution in [1.29, 1.82) is 0 Å². The third kappa shape index (κ3) is 7.48. The average Bonchev–Trinajstić information content (AvgIpc) is 2.70. The molecule has 0 fully saturated rings. The molecule has 1 rings (SSSR count). The molecule has 0 saturated heterocycles. The van der Waals surface area contributed by atoms with Crippen LogP contribution in [0.5, 0.6) is 0 Å². The largest absolute Gasteiger partial charge is 0.343 e. The fourth-order valence-corrected chi connectivity index (χ4v) is 2.71. The van der Waals surface area contributed by atoms with E-state index in [2.05, 4.69) is 10.6 Å². The van der Waals surface area contributed by atoms with Gasteiger partial charge in [-0.3, -0.25) is 14.4 Å². The van der Waals surface area contributed by atoms with Gasteiger partial charge in [-0.25, -0.2) is 0 Å². The fraction of sp³-hybridized carbons (Fsp3) is 0.550. The molecule has 0 aromatic heterocycles. The van der Waals surface area contributed by atoms with Crippen LogP contribution in [0.4, 0.5) is 0 Å². The molecule has 149 valence electrons. The molecule has 1 radical (unpaired) electrons. The number of carbonyl (C=O) groups excluding carboxylic acids is 3. The van der Waals surface area contributed by atoms with E-state index in [0.29, 0.717) is 25.8 Å². The Hall–Kier alpha value is -2.25. The molecule has 27 heavy (non-hydrogen) atoms. The van der Waals surface area contributed by atoms with Crippen molar-refractivity contribution in [3.05, 3.63) is 35.9 Å². The quantitative estimate of drug-likeness (QED) is 0.458. The number of likely N-dealkylation sites (N-methyl/N-ethyl adjacent to an activating group) is 2. The third-order valence-corrected chi connectivity index (χ3v) is 4.61. The Bertz CT molecular complexity index is 594. The Morgan fingerprint density at radius 2 is 1.85 bits per heavy atom. The summed E-state index contributed by atoms with van der Waals surface area (Å²) in [5.74, 6) is -0.547. The number of nitrogens with two attached hydrogens (primary N) is 1. The van der Waals surface area contributed by atoms with E-state index in [0.717, 1.165) is 12.0 Å². The van der Waals surface area contributed by atoms with Gasteiger partial charge in [0.15, 0.2) is 0 Å². The number of carbonyl (C=O) groups is 2. The maximum Gasteiger partial charge on any atom is 0.245 e. The second kappa shape index (κ2) is 12.2. The van der Waals surface area contributed by atoms with E-state index in [-0.39, 0.29) is 11.8 Å². The van der Waals surface area contributed by atoms with E-state index in [9.17, 15) is 14.4 Å². The first-order valence-electron chi connectivity index (χ1n) is 9.30. The van der Waals surface area contributed by atoms with Gasteiger partial charge in [0.2, 0.25) is 18.1 Å². The van der Waals surface area contributed by atoms with Gasteiger partial charge in [-0.1, -0.05) is 30.3 Å². The minimum Gasteiger partial charge on any atom is -0.343 e. The van der Waals surface area contributed by atoms with Crippen LogP contribution in [0.15, 0.2) is 30.3 Å². The van der Waals surface area contributed by atoms with Crippen molar-refractivity contribution in [2.45, 2.75) is 50.7 Å². The summed E-state index contributed by atoms with van der Waals surface area (Å²) in [6.45, 7) is 2.12. The van der Waals surface area contributed by atoms with Gasteiger partial charge in [0.05, 0.1) is 12.1 Å². The molecule has 0 aliphatic heterocycles. The summed E-state index contributed by atoms with van der Waals surface area (Å²) in [5.41, 5.74) is 6.56. The maximum atomic E-state index is 12.7. The highest BCUT2D eigenvalue weighted by molar-refractivity contribution is 5.90. The number of amides is 2. The van der Waals surface area contributed by atoms with Gasteiger partial charge in [-0.05, 0) is 51.8 Å². The molecular weight excluding hydrogens is 344 g/mol. The van der Waals surface area contributed by atoms with Crippen LogP contribution < -0.4 is 16.4 Å². The van der Waals surface area contributed by atoms with Crippen molar-refractivity contribution in [3.63, 3.8) is 0 Å². The van der Waals surface area contributed by atoms with Gasteiger partial charge >= 0.3 is 0 Å². The Balaban J connectivity index is 2.82. The van der Waals surface area contributed by atoms with Crippen LogP contribution >= 0.6 is 0 Å². The number of hydrogen-bond acceptors (Lipinski definition) is 5. The van der Waals surface area contributed by atoms with Crippen molar-refractivity contribution in [2.24, 2.45) is 5.73 Å². The minimum atomic E-state index is -0.698. The lowest BCUT2D eigenvalue weighted by atomic mass is 10.0. The predicted octanol–water partition coefficient (Wildman–Crippen LogP) is 0.388. The van der Waals surface area contributed by atoms with E-state index in [1.807, 2.05) is 30.3 Å². The van der Waals surface area contributed by atoms with Crippen molar-refractivity contribution in [3.8, 4) is 0 Å². The molecular formula is C20H31N4O3. The summed E-state index contributed by atoms with van der Waals surface area (Å²) >= 11 is 0. The highest BCUT2D eigenvalue weighted by Gasteiger charge is 2.28. The molecule has 2 amide bonds. The summed E-state index contributed by atoms with van der Waals surface area (Å²) < 4.78 is 0. The van der Waals surface area contributed by atoms with Gasteiger partial charge in [0.25, 0.3) is 0 Å². The molecule has 1 aromatic rings. The van der Waals surface area contributed by atoms with Crippen molar-refractivity contribution < 1.29 is 14.4 Å². The second-order valence-electron chi connectivity index (χ2n) is 6.62. The summed E-state index contributed by atoms with van der Waals surface area (Å²) in [5, 5.41) is 5.85. The molecule has 4 N–H and O–H groups in total. The van der Waals surface area contributed by atoms with Gasteiger partial charge in [-0.15, -0.1) is 0 Å². The summed E-state index contributed by atoms with van der Waals surface area (Å²) in [6, 6.07) is 7.85. The Morgan fingerprint density at radius 3 is 2.41 bits per heavy atom. The maximum absolute atomic E-state index is 12.7. The van der Waals surface area contributed by atoms with Crippen LogP contribution in [0, 0.1) is 0 Å². The molecule has 7 nitrogen and oxygen atoms in total. The normalized spacial score (nSPS) is 14.1. The topological polar surface area (TPSA) is 105 Å². The SMILES string of the molecule is CN[C@@H](Cc1ccccc1)C(=O)N[C@@H](CCCCN)C(=O)N(C)[C@@H](C)[C]=O. The van der Waals surface area contributed by atoms with E-state index >= 15 is 0 Å². The van der Waals surface area contributed by atoms with Gasteiger partial charge in [0.1, 0.15) is 6.04 Å². The smallest absolute Gasteiger partial charge is 0.245 e. The Kier molecular flexibility index (Phi) is 10.3. The fourth-order valence-electron chi connectivity index (χ4n) is 2.71. The van der Waals surface area contributed by atoms with E-state index in [1.54, 1.807) is 27.3 Å². The molecule has 0 unspecified atom stereocenters. The van der Waals surface area contributed by atoms with Crippen LogP contribution in [0.25, 0.3) is 0 Å². The van der Waals surface area contributed by atoms with Crippen molar-refractivity contribution >= 4 is 18.1 Å². The number of nitrogens with one attached hydrogen (secondary N) is 2. The Labute approximate surface area is 161 Å². The first-order valence-corrected chi connectivity index (χ1v) is 9.30. The highest BCUT2D eigenvalue weighted by Crippen LogP contribution is 2.08. The lowest BCUT2D eigenvalue weighted by Gasteiger charge is -2.28. The Morgan fingerprint density at radius 1 is 1.19 bits per heavy atom. The van der Waals surface area contributed by atoms with Crippen molar-refractivity contribution in [1.82, 2.24) is 15.5 Å². The zero-order valence-corrected chi connectivity index (χ0v) is 16.4. The van der Waals surface area contributed by atoms with E-state index in [1.165, 1.54) is 4.90 Å². The second-order valence-corrected chi connectivity index (χ2v) is 6.62. The molecule has 0 spiro atoms. The highest BCUT2D eigenvalue weighted by atomic mass is 16.2. The van der Waals surface area contributed by atoms with Crippen LogP contribution in [-0.4, -0.2) is 61.8 Å². The van der Waals surface area contributed by atoms with Gasteiger partial charge in [0, 0.05) is 7.05 Å². The molecule has 1 aromatic carbocycles. The molecule has 0 aliphatic carbocycles. The molecule has 0 aliphatic rings. The molecule has 0 saturated carbocycles. The molecule has 0 heterocycles. The zero-order valence-electron chi connectivity index (χ0n) is 16.4. The minimum absolute atomic E-state index is 0.247. The van der Waals surface area contributed by atoms with Crippen molar-refractivity contribution in [2.75, 3.05) is 20.6 Å². The predicted molar refractivity (Wildman–Crippen MR) is 106 cm³/mol. The van der Waals surface area contributed by atoms with Crippen LogP contribution in [0.1, 0.15) is 31.7 Å². The number of unbranched alkanes of at least 4 members (excludes halogenated alkanes) is 1. The third-order valence-electron chi connectivity index (χ3n) is 4.61. The molecule has 3 atom stereocenters. The number of nitrogens with zero attached hydrogens (tertiary/aromatic N) is 1. The summed E-state index contributed by atoms with van der Waals surface area (Å²) in [6.07, 6.45) is 4.26. The summed E-state index contributed by atoms with van der Waals surface area (Å²) in [4.78, 5) is 37.7. The molecule has 7 heteroatoms. The number of rotatable bonds is 12. The zero-order chi connectivity index (χ0) is 20.2. The van der Waals surface area contributed by atoms with Crippen LogP contribution in [0.3, 0.4) is 0 Å². The van der Waals surface area contributed by atoms with E-state index in [4.69, 9.17) is 5.73 Å². The van der Waals surface area contributed by atoms with Crippen LogP contribution in [0.2, 0.25) is 0 Å². The first kappa shape index (κ1) is 22.8. The average molecular weight is 375 g/mol. The summed E-state index contributed by atoms with van der Waals surface area (Å²) in [7, 11) is 3.26. The lowest BCUT2D eigenvalue weighted by molar-refractivity contribution is -0.136. The first-order chi connectivity index (χ1) is 12.9. The molecule has 0 bridgehead atoms. The van der Waals surface area contributed by atoms with E-state index < -0.39 is 18.1 Å². The number of hydrogen-bond donors (Lipinski definition) is 3. The monoisotopic (exact) mass is 375 g/mol. The lowest BCUT2D eigenvalue weighted by Crippen LogP contribution is -2.54. The standard InChI is InChI=1S/C20H31N4O3/c1-15(14-25)24(3)20(27)17(11-7-8-12-21)23-19(26)18(22-2)13-16-9-5-4-6-10-16/h4-6,9-10,15,17-18,22H,7-8,11-13,21H2,1-3H3,(H,23,26)/t15-,17-,18-/m0/s1.